The number of carbonyl (C=O) groups is 1. The van der Waals surface area contributed by atoms with Gasteiger partial charge in [0.2, 0.25) is 0 Å². The highest BCUT2D eigenvalue weighted by Gasteiger charge is 2.38. The summed E-state index contributed by atoms with van der Waals surface area (Å²) in [7, 11) is -4.25. The van der Waals surface area contributed by atoms with Gasteiger partial charge in [0.1, 0.15) is 24.6 Å². The van der Waals surface area contributed by atoms with Crippen molar-refractivity contribution < 1.29 is 22.3 Å². The maximum Gasteiger partial charge on any atom is 0.326 e. The summed E-state index contributed by atoms with van der Waals surface area (Å²) in [5.74, 6) is -1.61. The lowest BCUT2D eigenvalue weighted by Crippen LogP contribution is -2.30. The van der Waals surface area contributed by atoms with E-state index in [0.29, 0.717) is 15.3 Å². The first-order chi connectivity index (χ1) is 14.9. The third-order valence-corrected chi connectivity index (χ3v) is 6.08. The van der Waals surface area contributed by atoms with Crippen molar-refractivity contribution in [2.75, 3.05) is 10.8 Å². The van der Waals surface area contributed by atoms with Crippen LogP contribution >= 0.6 is 0 Å². The summed E-state index contributed by atoms with van der Waals surface area (Å²) in [6.45, 7) is -0.475. The number of amides is 1. The second-order valence-corrected chi connectivity index (χ2v) is 8.39. The molecule has 7 nitrogen and oxygen atoms in total. The average molecular weight is 437 g/mol. The number of carbonyl (C=O) groups excluding carboxylic acids is 1. The highest BCUT2D eigenvalue weighted by Crippen LogP contribution is 2.40. The molecule has 1 aliphatic rings. The van der Waals surface area contributed by atoms with Gasteiger partial charge in [-0.15, -0.1) is 0 Å². The van der Waals surface area contributed by atoms with Gasteiger partial charge < -0.3 is 4.74 Å². The van der Waals surface area contributed by atoms with E-state index in [0.717, 1.165) is 5.56 Å². The molecule has 0 aliphatic carbocycles. The normalized spacial score (nSPS) is 15.2. The molecule has 0 spiro atoms. The van der Waals surface area contributed by atoms with Gasteiger partial charge in [-0.3, -0.25) is 4.79 Å². The SMILES string of the molecule is N#CC=Cc1ccc2cc(OCc3ccccc3)c(N3CC(=O)NS3(=O)=O)c(F)c2c1. The Morgan fingerprint density at radius 1 is 1.19 bits per heavy atom. The predicted molar refractivity (Wildman–Crippen MR) is 114 cm³/mol. The maximum absolute atomic E-state index is 15.7. The van der Waals surface area contributed by atoms with Crippen molar-refractivity contribution in [3.8, 4) is 11.8 Å². The number of nitrogens with one attached hydrogen (secondary N) is 1. The van der Waals surface area contributed by atoms with Gasteiger partial charge in [-0.05, 0) is 34.7 Å². The minimum absolute atomic E-state index is 0.00533. The van der Waals surface area contributed by atoms with Crippen LogP contribution in [0.2, 0.25) is 0 Å². The molecule has 31 heavy (non-hydrogen) atoms. The van der Waals surface area contributed by atoms with Gasteiger partial charge in [-0.2, -0.15) is 13.7 Å². The van der Waals surface area contributed by atoms with Crippen LogP contribution < -0.4 is 13.8 Å². The van der Waals surface area contributed by atoms with E-state index in [1.165, 1.54) is 24.3 Å². The summed E-state index contributed by atoms with van der Waals surface area (Å²) in [5.41, 5.74) is 1.03. The van der Waals surface area contributed by atoms with Crippen molar-refractivity contribution in [2.24, 2.45) is 0 Å². The highest BCUT2D eigenvalue weighted by atomic mass is 32.2. The van der Waals surface area contributed by atoms with Crippen LogP contribution in [-0.4, -0.2) is 20.9 Å². The first-order valence-electron chi connectivity index (χ1n) is 9.21. The topological polar surface area (TPSA) is 99.5 Å². The molecule has 156 valence electrons. The van der Waals surface area contributed by atoms with E-state index in [2.05, 4.69) is 0 Å². The van der Waals surface area contributed by atoms with Crippen LogP contribution in [0.25, 0.3) is 16.8 Å². The third-order valence-electron chi connectivity index (χ3n) is 4.70. The molecule has 0 atom stereocenters. The lowest BCUT2D eigenvalue weighted by Gasteiger charge is -2.21. The molecule has 0 radical (unpaired) electrons. The van der Waals surface area contributed by atoms with Crippen LogP contribution in [0.5, 0.6) is 5.75 Å². The molecule has 0 saturated carbocycles. The Morgan fingerprint density at radius 3 is 2.65 bits per heavy atom. The number of nitriles is 1. The number of anilines is 1. The van der Waals surface area contributed by atoms with Gasteiger partial charge >= 0.3 is 10.2 Å². The van der Waals surface area contributed by atoms with Crippen LogP contribution in [-0.2, 0) is 21.6 Å². The molecule has 3 aromatic carbocycles. The Labute approximate surface area is 178 Å². The Balaban J connectivity index is 1.87. The summed E-state index contributed by atoms with van der Waals surface area (Å²) in [4.78, 5) is 11.7. The van der Waals surface area contributed by atoms with Gasteiger partial charge in [0.25, 0.3) is 5.91 Å². The van der Waals surface area contributed by atoms with Crippen molar-refractivity contribution in [3.63, 3.8) is 0 Å². The lowest BCUT2D eigenvalue weighted by molar-refractivity contribution is -0.117. The molecule has 1 aliphatic heterocycles. The maximum atomic E-state index is 15.7. The molecule has 0 bridgehead atoms. The lowest BCUT2D eigenvalue weighted by atomic mass is 10.0. The van der Waals surface area contributed by atoms with Gasteiger partial charge in [-0.1, -0.05) is 42.5 Å². The Morgan fingerprint density at radius 2 is 1.97 bits per heavy atom. The number of halogens is 1. The predicted octanol–water partition coefficient (Wildman–Crippen LogP) is 3.28. The van der Waals surface area contributed by atoms with Gasteiger partial charge in [0, 0.05) is 11.5 Å². The number of benzene rings is 3. The summed E-state index contributed by atoms with van der Waals surface area (Å²) >= 11 is 0. The Kier molecular flexibility index (Phi) is 5.31. The minimum atomic E-state index is -4.25. The van der Waals surface area contributed by atoms with E-state index in [9.17, 15) is 13.2 Å². The first-order valence-corrected chi connectivity index (χ1v) is 10.7. The van der Waals surface area contributed by atoms with Crippen molar-refractivity contribution in [1.82, 2.24) is 4.72 Å². The fraction of sp³-hybridized carbons (Fsp3) is 0.0909. The largest absolute Gasteiger partial charge is 0.487 e. The number of rotatable bonds is 5. The molecule has 4 rings (SSSR count). The molecular formula is C22H16FN3O4S. The number of allylic oxidation sites excluding steroid dienone is 1. The van der Waals surface area contributed by atoms with Crippen molar-refractivity contribution >= 4 is 38.7 Å². The van der Waals surface area contributed by atoms with E-state index < -0.39 is 28.5 Å². The fourth-order valence-electron chi connectivity index (χ4n) is 3.30. The van der Waals surface area contributed by atoms with Gasteiger partial charge in [0.15, 0.2) is 5.82 Å². The van der Waals surface area contributed by atoms with Gasteiger partial charge in [-0.25, -0.2) is 13.4 Å². The van der Waals surface area contributed by atoms with Crippen LogP contribution in [0.4, 0.5) is 10.1 Å². The first kappa shape index (κ1) is 20.4. The molecule has 9 heteroatoms. The van der Waals surface area contributed by atoms with Gasteiger partial charge in [0.05, 0.1) is 6.07 Å². The van der Waals surface area contributed by atoms with Crippen LogP contribution in [0, 0.1) is 17.1 Å². The second-order valence-electron chi connectivity index (χ2n) is 6.79. The van der Waals surface area contributed by atoms with Crippen LogP contribution in [0.15, 0.2) is 60.7 Å². The summed E-state index contributed by atoms with van der Waals surface area (Å²) in [6, 6.07) is 17.4. The van der Waals surface area contributed by atoms with E-state index >= 15 is 4.39 Å². The zero-order chi connectivity index (χ0) is 22.0. The zero-order valence-corrected chi connectivity index (χ0v) is 16.9. The van der Waals surface area contributed by atoms with Crippen molar-refractivity contribution in [1.29, 1.82) is 5.26 Å². The summed E-state index contributed by atoms with van der Waals surface area (Å²) < 4.78 is 48.8. The van der Waals surface area contributed by atoms with Crippen LogP contribution in [0.1, 0.15) is 11.1 Å². The molecule has 0 aromatic heterocycles. The zero-order valence-electron chi connectivity index (χ0n) is 16.1. The van der Waals surface area contributed by atoms with Crippen molar-refractivity contribution in [3.05, 3.63) is 77.6 Å². The van der Waals surface area contributed by atoms with E-state index in [-0.39, 0.29) is 23.4 Å². The Bertz CT molecular complexity index is 1350. The molecule has 1 N–H and O–H groups in total. The quantitative estimate of drug-likeness (QED) is 0.618. The standard InChI is InChI=1S/C22H16FN3O4S/c23-21-18-11-15(7-4-10-24)8-9-17(18)12-19(30-14-16-5-2-1-3-6-16)22(21)26-13-20(27)25-31(26,28)29/h1-9,11-12H,13-14H2,(H,25,27). The molecule has 1 amide bonds. The van der Waals surface area contributed by atoms with Crippen LogP contribution in [0.3, 0.4) is 0 Å². The molecule has 1 saturated heterocycles. The third kappa shape index (κ3) is 4.06. The smallest absolute Gasteiger partial charge is 0.326 e. The molecule has 1 heterocycles. The van der Waals surface area contributed by atoms with E-state index in [1.54, 1.807) is 12.1 Å². The number of nitrogens with zero attached hydrogens (tertiary/aromatic N) is 2. The monoisotopic (exact) mass is 437 g/mol. The highest BCUT2D eigenvalue weighted by molar-refractivity contribution is 7.92. The number of hydrogen-bond acceptors (Lipinski definition) is 5. The number of hydrogen-bond donors (Lipinski definition) is 1. The van der Waals surface area contributed by atoms with Crippen molar-refractivity contribution in [2.45, 2.75) is 6.61 Å². The minimum Gasteiger partial charge on any atom is -0.487 e. The van der Waals surface area contributed by atoms with E-state index in [4.69, 9.17) is 10.00 Å². The fourth-order valence-corrected chi connectivity index (χ4v) is 4.46. The number of ether oxygens (including phenoxy) is 1. The number of fused-ring (bicyclic) bond motifs is 1. The summed E-state index contributed by atoms with van der Waals surface area (Å²) in [6.07, 6.45) is 2.76. The summed E-state index contributed by atoms with van der Waals surface area (Å²) in [5, 5.41) is 9.33. The van der Waals surface area contributed by atoms with E-state index in [1.807, 2.05) is 41.1 Å². The molecule has 0 unspecified atom stereocenters. The Hall–Kier alpha value is -3.90. The average Bonchev–Trinajstić information content (AvgIpc) is 3.03. The second kappa shape index (κ2) is 8.08. The molecular weight excluding hydrogens is 421 g/mol. The molecule has 3 aromatic rings. The molecule has 1 fully saturated rings.